The Bertz CT molecular complexity index is 1250. The summed E-state index contributed by atoms with van der Waals surface area (Å²) in [5, 5.41) is 2.19. The van der Waals surface area contributed by atoms with Crippen LogP contribution in [0.25, 0.3) is 6.08 Å². The Morgan fingerprint density at radius 3 is 2.43 bits per heavy atom. The Morgan fingerprint density at radius 2 is 1.81 bits per heavy atom. The molecule has 3 amide bonds. The average Bonchev–Trinajstić information content (AvgIpc) is 3.05. The van der Waals surface area contributed by atoms with E-state index in [0.29, 0.717) is 27.2 Å². The van der Waals surface area contributed by atoms with Crippen molar-refractivity contribution in [2.45, 2.75) is 33.3 Å². The zero-order chi connectivity index (χ0) is 27.3. The summed E-state index contributed by atoms with van der Waals surface area (Å²) in [6.07, 6.45) is 1.52. The van der Waals surface area contributed by atoms with Gasteiger partial charge in [0.05, 0.1) is 16.5 Å². The highest BCUT2D eigenvalue weighted by atomic mass is 79.9. The summed E-state index contributed by atoms with van der Waals surface area (Å²) in [5.41, 5.74) is 1.54. The molecule has 11 heteroatoms. The minimum Gasteiger partial charge on any atom is -0.493 e. The van der Waals surface area contributed by atoms with Gasteiger partial charge in [-0.2, -0.15) is 0 Å². The van der Waals surface area contributed by atoms with Crippen LogP contribution in [-0.4, -0.2) is 53.8 Å². The standard InChI is InChI=1S/C26H27BrN2O7S/c1-15-6-8-17(9-7-15)28-21(30)14-35-23-18(27)10-16(11-19(23)34-5)12-20-24(32)29(25(33)37-20)13-22(31)36-26(2,3)4/h6-12H,13-14H2,1-5H3,(H,28,30). The summed E-state index contributed by atoms with van der Waals surface area (Å²) in [6.45, 7) is 6.34. The lowest BCUT2D eigenvalue weighted by Crippen LogP contribution is -2.37. The van der Waals surface area contributed by atoms with E-state index < -0.39 is 29.3 Å². The maximum absolute atomic E-state index is 12.8. The van der Waals surface area contributed by atoms with Gasteiger partial charge in [-0.1, -0.05) is 17.7 Å². The molecule has 1 aliphatic heterocycles. The quantitative estimate of drug-likeness (QED) is 0.331. The summed E-state index contributed by atoms with van der Waals surface area (Å²) in [6, 6.07) is 10.7. The SMILES string of the molecule is COc1cc(C=C2SC(=O)N(CC(=O)OC(C)(C)C)C2=O)cc(Br)c1OCC(=O)Nc1ccc(C)cc1. The van der Waals surface area contributed by atoms with E-state index in [1.807, 2.05) is 19.1 Å². The number of nitrogens with one attached hydrogen (secondary N) is 1. The lowest BCUT2D eigenvalue weighted by atomic mass is 10.2. The second-order valence-corrected chi connectivity index (χ2v) is 10.9. The van der Waals surface area contributed by atoms with Crippen LogP contribution < -0.4 is 14.8 Å². The van der Waals surface area contributed by atoms with Crippen molar-refractivity contribution in [2.75, 3.05) is 25.6 Å². The van der Waals surface area contributed by atoms with Crippen molar-refractivity contribution in [1.29, 1.82) is 0 Å². The van der Waals surface area contributed by atoms with Crippen molar-refractivity contribution in [1.82, 2.24) is 4.90 Å². The molecule has 9 nitrogen and oxygen atoms in total. The van der Waals surface area contributed by atoms with Crippen LogP contribution in [0.2, 0.25) is 0 Å². The first kappa shape index (κ1) is 28.3. The van der Waals surface area contributed by atoms with Crippen LogP contribution in [-0.2, 0) is 19.1 Å². The van der Waals surface area contributed by atoms with Gasteiger partial charge in [-0.3, -0.25) is 24.1 Å². The molecular formula is C26H27BrN2O7S. The summed E-state index contributed by atoms with van der Waals surface area (Å²) in [5.74, 6) is -0.994. The van der Waals surface area contributed by atoms with Gasteiger partial charge in [0.2, 0.25) is 0 Å². The fourth-order valence-electron chi connectivity index (χ4n) is 3.23. The number of hydrogen-bond acceptors (Lipinski definition) is 8. The number of imide groups is 1. The Hall–Kier alpha value is -3.31. The molecule has 0 bridgehead atoms. The second kappa shape index (κ2) is 11.8. The van der Waals surface area contributed by atoms with Crippen LogP contribution in [0.3, 0.4) is 0 Å². The monoisotopic (exact) mass is 590 g/mol. The number of hydrogen-bond donors (Lipinski definition) is 1. The highest BCUT2D eigenvalue weighted by Crippen LogP contribution is 2.39. The lowest BCUT2D eigenvalue weighted by Gasteiger charge is -2.21. The number of carbonyl (C=O) groups excluding carboxylic acids is 4. The van der Waals surface area contributed by atoms with Crippen LogP contribution in [0.15, 0.2) is 45.8 Å². The van der Waals surface area contributed by atoms with Gasteiger partial charge >= 0.3 is 5.97 Å². The van der Waals surface area contributed by atoms with Crippen LogP contribution in [0.1, 0.15) is 31.9 Å². The van der Waals surface area contributed by atoms with Crippen molar-refractivity contribution in [2.24, 2.45) is 0 Å². The number of ether oxygens (including phenoxy) is 3. The summed E-state index contributed by atoms with van der Waals surface area (Å²) >= 11 is 4.14. The number of carbonyl (C=O) groups is 4. The van der Waals surface area contributed by atoms with E-state index in [-0.39, 0.29) is 17.4 Å². The molecule has 0 aliphatic carbocycles. The van der Waals surface area contributed by atoms with E-state index >= 15 is 0 Å². The van der Waals surface area contributed by atoms with E-state index in [0.717, 1.165) is 22.2 Å². The van der Waals surface area contributed by atoms with Gasteiger partial charge in [-0.05, 0) is 91.3 Å². The minimum absolute atomic E-state index is 0.147. The molecule has 0 radical (unpaired) electrons. The van der Waals surface area contributed by atoms with Gasteiger partial charge in [0.15, 0.2) is 18.1 Å². The number of nitrogens with zero attached hydrogens (tertiary/aromatic N) is 1. The molecule has 3 rings (SSSR count). The van der Waals surface area contributed by atoms with Gasteiger partial charge in [0.1, 0.15) is 12.1 Å². The van der Waals surface area contributed by atoms with Gasteiger partial charge in [0, 0.05) is 5.69 Å². The Kier molecular flexibility index (Phi) is 9.03. The third-order valence-corrected chi connectivity index (χ3v) is 6.31. The van der Waals surface area contributed by atoms with Crippen LogP contribution in [0.4, 0.5) is 10.5 Å². The zero-order valence-corrected chi connectivity index (χ0v) is 23.4. The van der Waals surface area contributed by atoms with E-state index in [4.69, 9.17) is 14.2 Å². The first-order valence-corrected chi connectivity index (χ1v) is 12.8. The third kappa shape index (κ3) is 7.83. The smallest absolute Gasteiger partial charge is 0.326 e. The van der Waals surface area contributed by atoms with E-state index in [9.17, 15) is 19.2 Å². The second-order valence-electron chi connectivity index (χ2n) is 9.09. The molecule has 2 aromatic carbocycles. The molecule has 0 aromatic heterocycles. The zero-order valence-electron chi connectivity index (χ0n) is 21.0. The molecule has 0 spiro atoms. The molecule has 0 unspecified atom stereocenters. The fourth-order valence-corrected chi connectivity index (χ4v) is 4.64. The van der Waals surface area contributed by atoms with E-state index in [1.165, 1.54) is 13.2 Å². The molecule has 196 valence electrons. The Labute approximate surface area is 227 Å². The molecule has 1 N–H and O–H groups in total. The average molecular weight is 591 g/mol. The topological polar surface area (TPSA) is 111 Å². The van der Waals surface area contributed by atoms with Crippen LogP contribution >= 0.6 is 27.7 Å². The highest BCUT2D eigenvalue weighted by molar-refractivity contribution is 9.10. The number of anilines is 1. The van der Waals surface area contributed by atoms with Gasteiger partial charge in [-0.25, -0.2) is 0 Å². The lowest BCUT2D eigenvalue weighted by molar-refractivity contribution is -0.156. The number of benzene rings is 2. The highest BCUT2D eigenvalue weighted by Gasteiger charge is 2.37. The number of esters is 1. The molecular weight excluding hydrogens is 564 g/mol. The van der Waals surface area contributed by atoms with E-state index in [1.54, 1.807) is 45.0 Å². The van der Waals surface area contributed by atoms with Gasteiger partial charge < -0.3 is 19.5 Å². The predicted molar refractivity (Wildman–Crippen MR) is 145 cm³/mol. The first-order chi connectivity index (χ1) is 17.4. The number of aryl methyl sites for hydroxylation is 1. The number of methoxy groups -OCH3 is 1. The van der Waals surface area contributed by atoms with Crippen molar-refractivity contribution < 1.29 is 33.4 Å². The molecule has 2 aromatic rings. The molecule has 0 saturated carbocycles. The van der Waals surface area contributed by atoms with Gasteiger partial charge in [0.25, 0.3) is 17.1 Å². The first-order valence-electron chi connectivity index (χ1n) is 11.2. The molecule has 1 fully saturated rings. The van der Waals surface area contributed by atoms with E-state index in [2.05, 4.69) is 21.2 Å². The largest absolute Gasteiger partial charge is 0.493 e. The molecule has 1 heterocycles. The normalized spacial score (nSPS) is 14.6. The predicted octanol–water partition coefficient (Wildman–Crippen LogP) is 5.16. The number of amides is 3. The van der Waals surface area contributed by atoms with Crippen molar-refractivity contribution in [3.63, 3.8) is 0 Å². The molecule has 1 saturated heterocycles. The molecule has 0 atom stereocenters. The number of thioether (sulfide) groups is 1. The minimum atomic E-state index is -0.733. The Balaban J connectivity index is 1.70. The maximum atomic E-state index is 12.8. The summed E-state index contributed by atoms with van der Waals surface area (Å²) in [7, 11) is 1.44. The summed E-state index contributed by atoms with van der Waals surface area (Å²) in [4.78, 5) is 50.5. The summed E-state index contributed by atoms with van der Waals surface area (Å²) < 4.78 is 16.8. The van der Waals surface area contributed by atoms with Crippen molar-refractivity contribution in [3.8, 4) is 11.5 Å². The Morgan fingerprint density at radius 1 is 1.14 bits per heavy atom. The number of rotatable bonds is 8. The van der Waals surface area contributed by atoms with Crippen molar-refractivity contribution >= 4 is 62.5 Å². The fraction of sp³-hybridized carbons (Fsp3) is 0.308. The number of halogens is 1. The maximum Gasteiger partial charge on any atom is 0.326 e. The van der Waals surface area contributed by atoms with Crippen LogP contribution in [0.5, 0.6) is 11.5 Å². The third-order valence-electron chi connectivity index (χ3n) is 4.81. The van der Waals surface area contributed by atoms with Crippen molar-refractivity contribution in [3.05, 3.63) is 56.9 Å². The molecule has 1 aliphatic rings. The molecule has 37 heavy (non-hydrogen) atoms. The van der Waals surface area contributed by atoms with Crippen LogP contribution in [0, 0.1) is 6.92 Å². The van der Waals surface area contributed by atoms with Gasteiger partial charge in [-0.15, -0.1) is 0 Å².